The molecule has 188 valence electrons. The first-order valence-electron chi connectivity index (χ1n) is 12.9. The Morgan fingerprint density at radius 3 is 2.14 bits per heavy atom. The molecule has 1 fully saturated rings. The zero-order valence-electron chi connectivity index (χ0n) is 21.9. The zero-order chi connectivity index (χ0) is 25.3. The molecule has 0 saturated carbocycles. The van der Waals surface area contributed by atoms with Gasteiger partial charge in [-0.1, -0.05) is 55.5 Å². The fourth-order valence-corrected chi connectivity index (χ4v) is 6.26. The molecule has 0 aliphatic carbocycles. The first-order valence-corrected chi connectivity index (χ1v) is 12.9. The average Bonchev–Trinajstić information content (AvgIpc) is 2.89. The second kappa shape index (κ2) is 9.62. The van der Waals surface area contributed by atoms with Crippen LogP contribution in [0.2, 0.25) is 0 Å². The lowest BCUT2D eigenvalue weighted by molar-refractivity contribution is -0.121. The smallest absolute Gasteiger partial charge is 0.241 e. The van der Waals surface area contributed by atoms with Gasteiger partial charge in [-0.2, -0.15) is 0 Å². The number of carbonyl (C=O) groups excluding carboxylic acids is 1. The second-order valence-corrected chi connectivity index (χ2v) is 10.9. The maximum absolute atomic E-state index is 13.9. The van der Waals surface area contributed by atoms with E-state index in [4.69, 9.17) is 4.74 Å². The number of rotatable bonds is 5. The van der Waals surface area contributed by atoms with Crippen molar-refractivity contribution in [3.05, 3.63) is 90.0 Å². The lowest BCUT2D eigenvalue weighted by Crippen LogP contribution is -2.59. The van der Waals surface area contributed by atoms with E-state index in [1.807, 2.05) is 12.1 Å². The summed E-state index contributed by atoms with van der Waals surface area (Å²) in [4.78, 5) is 20.6. The minimum Gasteiger partial charge on any atom is -0.497 e. The fraction of sp³-hybridized carbons (Fsp3) is 0.387. The summed E-state index contributed by atoms with van der Waals surface area (Å²) in [6, 6.07) is 27.4. The molecule has 0 aromatic heterocycles. The van der Waals surface area contributed by atoms with Crippen LogP contribution in [0.5, 0.6) is 5.75 Å². The van der Waals surface area contributed by atoms with Gasteiger partial charge in [-0.15, -0.1) is 0 Å². The fourth-order valence-electron chi connectivity index (χ4n) is 6.26. The predicted molar refractivity (Wildman–Crippen MR) is 147 cm³/mol. The molecule has 5 rings (SSSR count). The number of amides is 1. The summed E-state index contributed by atoms with van der Waals surface area (Å²) in [5.74, 6) is 1.05. The third-order valence-corrected chi connectivity index (χ3v) is 7.96. The molecule has 1 unspecified atom stereocenters. The SMILES string of the molecule is COc1ccc(N2CCN(CC(=O)N3c4ccccc4C(C)(c4ccccc4)CC3(C)C)CC2)cc1. The molecule has 5 heteroatoms. The molecule has 3 aromatic carbocycles. The number of ether oxygens (including phenoxy) is 1. The Morgan fingerprint density at radius 1 is 0.833 bits per heavy atom. The maximum Gasteiger partial charge on any atom is 0.241 e. The minimum atomic E-state index is -0.305. The molecule has 5 nitrogen and oxygen atoms in total. The van der Waals surface area contributed by atoms with Crippen molar-refractivity contribution in [3.63, 3.8) is 0 Å². The Kier molecular flexibility index (Phi) is 6.52. The van der Waals surface area contributed by atoms with Gasteiger partial charge in [0, 0.05) is 48.5 Å². The Balaban J connectivity index is 1.33. The molecular weight excluding hydrogens is 446 g/mol. The average molecular weight is 484 g/mol. The number of hydrogen-bond acceptors (Lipinski definition) is 4. The lowest BCUT2D eigenvalue weighted by atomic mass is 9.65. The number of carbonyl (C=O) groups is 1. The van der Waals surface area contributed by atoms with E-state index in [2.05, 4.69) is 102 Å². The number of hydrogen-bond donors (Lipinski definition) is 0. The third-order valence-electron chi connectivity index (χ3n) is 7.96. The summed E-state index contributed by atoms with van der Waals surface area (Å²) in [5, 5.41) is 0. The normalized spacial score (nSPS) is 21.7. The summed E-state index contributed by atoms with van der Waals surface area (Å²) in [6.45, 7) is 10.7. The molecule has 2 heterocycles. The monoisotopic (exact) mass is 483 g/mol. The van der Waals surface area contributed by atoms with Crippen LogP contribution in [-0.2, 0) is 10.2 Å². The summed E-state index contributed by atoms with van der Waals surface area (Å²) in [7, 11) is 1.69. The molecule has 1 atom stereocenters. The van der Waals surface area contributed by atoms with Gasteiger partial charge in [0.15, 0.2) is 0 Å². The van der Waals surface area contributed by atoms with Crippen molar-refractivity contribution in [1.82, 2.24) is 4.90 Å². The highest BCUT2D eigenvalue weighted by Gasteiger charge is 2.47. The molecule has 1 saturated heterocycles. The molecule has 0 N–H and O–H groups in total. The van der Waals surface area contributed by atoms with Crippen molar-refractivity contribution in [2.75, 3.05) is 49.6 Å². The number of para-hydroxylation sites is 1. The van der Waals surface area contributed by atoms with Gasteiger partial charge in [-0.3, -0.25) is 9.69 Å². The largest absolute Gasteiger partial charge is 0.497 e. The van der Waals surface area contributed by atoms with E-state index in [1.54, 1.807) is 7.11 Å². The molecule has 3 aromatic rings. The first-order chi connectivity index (χ1) is 17.3. The summed E-state index contributed by atoms with van der Waals surface area (Å²) in [6.07, 6.45) is 0.873. The molecule has 0 bridgehead atoms. The van der Waals surface area contributed by atoms with Gasteiger partial charge >= 0.3 is 0 Å². The number of methoxy groups -OCH3 is 1. The van der Waals surface area contributed by atoms with Crippen LogP contribution in [0.15, 0.2) is 78.9 Å². The molecule has 1 amide bonds. The van der Waals surface area contributed by atoms with Crippen LogP contribution in [0, 0.1) is 0 Å². The van der Waals surface area contributed by atoms with Crippen LogP contribution in [0.4, 0.5) is 11.4 Å². The van der Waals surface area contributed by atoms with E-state index in [9.17, 15) is 4.79 Å². The van der Waals surface area contributed by atoms with E-state index >= 15 is 0 Å². The van der Waals surface area contributed by atoms with Crippen molar-refractivity contribution < 1.29 is 9.53 Å². The van der Waals surface area contributed by atoms with Gasteiger partial charge < -0.3 is 14.5 Å². The van der Waals surface area contributed by atoms with Crippen molar-refractivity contribution in [3.8, 4) is 5.75 Å². The van der Waals surface area contributed by atoms with Crippen LogP contribution in [0.1, 0.15) is 38.3 Å². The van der Waals surface area contributed by atoms with E-state index in [-0.39, 0.29) is 16.9 Å². The zero-order valence-corrected chi connectivity index (χ0v) is 21.9. The summed E-state index contributed by atoms with van der Waals surface area (Å²) in [5.41, 5.74) is 4.32. The van der Waals surface area contributed by atoms with E-state index in [0.29, 0.717) is 6.54 Å². The van der Waals surface area contributed by atoms with E-state index < -0.39 is 0 Å². The number of benzene rings is 3. The first kappa shape index (κ1) is 24.4. The Bertz CT molecular complexity index is 1200. The van der Waals surface area contributed by atoms with E-state index in [0.717, 1.165) is 44.0 Å². The molecule has 0 radical (unpaired) electrons. The van der Waals surface area contributed by atoms with Crippen molar-refractivity contribution in [1.29, 1.82) is 0 Å². The van der Waals surface area contributed by atoms with Gasteiger partial charge in [0.2, 0.25) is 5.91 Å². The van der Waals surface area contributed by atoms with Gasteiger partial charge in [-0.05, 0) is 61.7 Å². The summed E-state index contributed by atoms with van der Waals surface area (Å²) < 4.78 is 5.29. The van der Waals surface area contributed by atoms with Crippen molar-refractivity contribution in [2.45, 2.75) is 38.1 Å². The molecule has 2 aliphatic rings. The van der Waals surface area contributed by atoms with Gasteiger partial charge in [0.25, 0.3) is 0 Å². The molecule has 0 spiro atoms. The van der Waals surface area contributed by atoms with Gasteiger partial charge in [0.05, 0.1) is 13.7 Å². The highest BCUT2D eigenvalue weighted by atomic mass is 16.5. The highest BCUT2D eigenvalue weighted by Crippen LogP contribution is 2.50. The van der Waals surface area contributed by atoms with Crippen LogP contribution >= 0.6 is 0 Å². The quantitative estimate of drug-likeness (QED) is 0.491. The van der Waals surface area contributed by atoms with Gasteiger partial charge in [0.1, 0.15) is 5.75 Å². The Labute approximate surface area is 215 Å². The molecule has 2 aliphatic heterocycles. The molecule has 36 heavy (non-hydrogen) atoms. The lowest BCUT2D eigenvalue weighted by Gasteiger charge is -2.52. The second-order valence-electron chi connectivity index (χ2n) is 10.9. The highest BCUT2D eigenvalue weighted by molar-refractivity contribution is 5.98. The summed E-state index contributed by atoms with van der Waals surface area (Å²) >= 11 is 0. The minimum absolute atomic E-state index is 0.151. The maximum atomic E-state index is 13.9. The van der Waals surface area contributed by atoms with Crippen LogP contribution in [0.25, 0.3) is 0 Å². The third kappa shape index (κ3) is 4.48. The van der Waals surface area contributed by atoms with Crippen LogP contribution in [0.3, 0.4) is 0 Å². The number of fused-ring (bicyclic) bond motifs is 1. The molecular formula is C31H37N3O2. The van der Waals surface area contributed by atoms with Crippen molar-refractivity contribution in [2.24, 2.45) is 0 Å². The van der Waals surface area contributed by atoms with Crippen LogP contribution in [-0.4, -0.2) is 56.2 Å². The van der Waals surface area contributed by atoms with Crippen LogP contribution < -0.4 is 14.5 Å². The predicted octanol–water partition coefficient (Wildman–Crippen LogP) is 5.34. The van der Waals surface area contributed by atoms with Crippen molar-refractivity contribution >= 4 is 17.3 Å². The Hall–Kier alpha value is -3.31. The number of anilines is 2. The number of nitrogens with zero attached hydrogens (tertiary/aromatic N) is 3. The standard InChI is InChI=1S/C31H37N3O2/c1-30(2)23-31(3,24-10-6-5-7-11-24)27-12-8-9-13-28(27)34(30)29(35)22-32-18-20-33(21-19-32)25-14-16-26(36-4)17-15-25/h5-17H,18-23H2,1-4H3. The Morgan fingerprint density at radius 2 is 1.47 bits per heavy atom. The topological polar surface area (TPSA) is 36.0 Å². The van der Waals surface area contributed by atoms with Gasteiger partial charge in [-0.25, -0.2) is 0 Å². The number of piperazine rings is 1. The van der Waals surface area contributed by atoms with E-state index in [1.165, 1.54) is 16.8 Å².